The van der Waals surface area contributed by atoms with Gasteiger partial charge in [0.1, 0.15) is 11.3 Å². The molecule has 3 heterocycles. The Labute approximate surface area is 98.8 Å². The van der Waals surface area contributed by atoms with Gasteiger partial charge in [-0.1, -0.05) is 0 Å². The van der Waals surface area contributed by atoms with Gasteiger partial charge in [0.15, 0.2) is 4.96 Å². The maximum Gasteiger partial charge on any atom is 0.262 e. The summed E-state index contributed by atoms with van der Waals surface area (Å²) in [4.78, 5) is 9.27. The van der Waals surface area contributed by atoms with Gasteiger partial charge in [-0.2, -0.15) is 0 Å². The summed E-state index contributed by atoms with van der Waals surface area (Å²) in [6, 6.07) is 0. The number of hydrogen-bond donors (Lipinski definition) is 1. The van der Waals surface area contributed by atoms with Gasteiger partial charge < -0.3 is 9.52 Å². The Balaban J connectivity index is 2.05. The number of hydrogen-bond acceptors (Lipinski definition) is 6. The van der Waals surface area contributed by atoms with Crippen molar-refractivity contribution < 1.29 is 9.52 Å². The smallest absolute Gasteiger partial charge is 0.262 e. The van der Waals surface area contributed by atoms with E-state index in [0.29, 0.717) is 5.22 Å². The summed E-state index contributed by atoms with van der Waals surface area (Å²) in [6.45, 7) is -0.0546. The van der Waals surface area contributed by atoms with Crippen molar-refractivity contribution >= 4 is 28.1 Å². The van der Waals surface area contributed by atoms with Crippen LogP contribution in [-0.4, -0.2) is 19.5 Å². The normalized spacial score (nSPS) is 11.3. The number of nitrogens with zero attached hydrogens (tertiary/aromatic N) is 3. The average Bonchev–Trinajstić information content (AvgIpc) is 2.93. The predicted octanol–water partition coefficient (Wildman–Crippen LogP) is 2.03. The molecule has 0 amide bonds. The topological polar surface area (TPSA) is 63.6 Å². The summed E-state index contributed by atoms with van der Waals surface area (Å²) in [5, 5.41) is 12.5. The molecule has 82 valence electrons. The highest BCUT2D eigenvalue weighted by Gasteiger charge is 2.15. The molecule has 0 saturated heterocycles. The molecule has 3 rings (SSSR count). The summed E-state index contributed by atoms with van der Waals surface area (Å²) < 4.78 is 7.00. The molecule has 0 aliphatic carbocycles. The Hall–Kier alpha value is -1.31. The lowest BCUT2D eigenvalue weighted by Gasteiger charge is -1.96. The molecule has 0 fully saturated rings. The number of aliphatic hydroxyl groups is 1. The number of imidazole rings is 1. The van der Waals surface area contributed by atoms with Crippen molar-refractivity contribution in [2.24, 2.45) is 0 Å². The molecule has 5 nitrogen and oxygen atoms in total. The largest absolute Gasteiger partial charge is 0.440 e. The van der Waals surface area contributed by atoms with E-state index in [9.17, 15) is 5.11 Å². The van der Waals surface area contributed by atoms with E-state index in [2.05, 4.69) is 9.97 Å². The summed E-state index contributed by atoms with van der Waals surface area (Å²) in [5.41, 5.74) is 0.763. The maximum absolute atomic E-state index is 9.33. The summed E-state index contributed by atoms with van der Waals surface area (Å²) in [6.07, 6.45) is 4.98. The minimum Gasteiger partial charge on any atom is -0.440 e. The summed E-state index contributed by atoms with van der Waals surface area (Å²) in [7, 11) is 0. The molecule has 3 aromatic rings. The third kappa shape index (κ3) is 1.53. The molecule has 0 atom stereocenters. The Kier molecular flexibility index (Phi) is 2.43. The molecule has 0 spiro atoms. The van der Waals surface area contributed by atoms with Gasteiger partial charge in [0.25, 0.3) is 5.22 Å². The monoisotopic (exact) mass is 253 g/mol. The van der Waals surface area contributed by atoms with Gasteiger partial charge in [-0.05, 0) is 11.8 Å². The first-order valence-electron chi connectivity index (χ1n) is 4.51. The molecule has 7 heteroatoms. The molecule has 16 heavy (non-hydrogen) atoms. The van der Waals surface area contributed by atoms with Crippen LogP contribution in [0.5, 0.6) is 0 Å². The van der Waals surface area contributed by atoms with E-state index in [4.69, 9.17) is 4.42 Å². The summed E-state index contributed by atoms with van der Waals surface area (Å²) in [5.74, 6) is 0. The van der Waals surface area contributed by atoms with E-state index >= 15 is 0 Å². The second-order valence-corrected chi connectivity index (χ2v) is 4.79. The molecule has 3 aromatic heterocycles. The fourth-order valence-corrected chi connectivity index (χ4v) is 2.97. The second-order valence-electron chi connectivity index (χ2n) is 2.98. The van der Waals surface area contributed by atoms with Crippen molar-refractivity contribution in [3.05, 3.63) is 29.7 Å². The number of rotatable bonds is 3. The highest BCUT2D eigenvalue weighted by atomic mass is 32.2. The molecular formula is C9H7N3O2S2. The lowest BCUT2D eigenvalue weighted by atomic mass is 10.5. The number of thiazole rings is 1. The van der Waals surface area contributed by atoms with Crippen molar-refractivity contribution in [2.45, 2.75) is 16.9 Å². The lowest BCUT2D eigenvalue weighted by Crippen LogP contribution is -1.90. The zero-order valence-corrected chi connectivity index (χ0v) is 9.66. The van der Waals surface area contributed by atoms with Gasteiger partial charge in [0.2, 0.25) is 0 Å². The third-order valence-corrected chi connectivity index (χ3v) is 3.72. The molecule has 0 aromatic carbocycles. The first-order chi connectivity index (χ1) is 7.88. The van der Waals surface area contributed by atoms with Gasteiger partial charge in [-0.25, -0.2) is 9.97 Å². The van der Waals surface area contributed by atoms with Crippen LogP contribution in [0.25, 0.3) is 4.96 Å². The Morgan fingerprint density at radius 2 is 2.50 bits per heavy atom. The second kappa shape index (κ2) is 3.93. The van der Waals surface area contributed by atoms with Crippen molar-refractivity contribution in [1.82, 2.24) is 14.4 Å². The van der Waals surface area contributed by atoms with E-state index in [1.54, 1.807) is 6.20 Å². The molecule has 0 aliphatic rings. The Morgan fingerprint density at radius 3 is 3.25 bits per heavy atom. The van der Waals surface area contributed by atoms with Crippen LogP contribution in [0.1, 0.15) is 5.69 Å². The SMILES string of the molecule is OCc1c(Sc2ncco2)nc2sccn12. The quantitative estimate of drug-likeness (QED) is 0.773. The van der Waals surface area contributed by atoms with Crippen molar-refractivity contribution in [3.8, 4) is 0 Å². The fourth-order valence-electron chi connectivity index (χ4n) is 1.38. The minimum absolute atomic E-state index is 0.0546. The molecule has 0 radical (unpaired) electrons. The standard InChI is InChI=1S/C9H7N3O2S2/c13-5-6-7(16-9-10-1-3-14-9)11-8-12(6)2-4-15-8/h1-4,13H,5H2. The number of fused-ring (bicyclic) bond motifs is 1. The summed E-state index contributed by atoms with van der Waals surface area (Å²) >= 11 is 2.84. The number of aromatic nitrogens is 3. The predicted molar refractivity (Wildman–Crippen MR) is 59.6 cm³/mol. The molecule has 1 N–H and O–H groups in total. The van der Waals surface area contributed by atoms with Crippen LogP contribution in [0.2, 0.25) is 0 Å². The van der Waals surface area contributed by atoms with Crippen LogP contribution in [0.4, 0.5) is 0 Å². The van der Waals surface area contributed by atoms with Crippen molar-refractivity contribution in [3.63, 3.8) is 0 Å². The van der Waals surface area contributed by atoms with E-state index in [1.165, 1.54) is 29.4 Å². The highest BCUT2D eigenvalue weighted by Crippen LogP contribution is 2.30. The Morgan fingerprint density at radius 1 is 1.56 bits per heavy atom. The van der Waals surface area contributed by atoms with Crippen LogP contribution >= 0.6 is 23.1 Å². The van der Waals surface area contributed by atoms with E-state index in [1.807, 2.05) is 16.0 Å². The van der Waals surface area contributed by atoms with Gasteiger partial charge >= 0.3 is 0 Å². The van der Waals surface area contributed by atoms with Crippen LogP contribution in [0, 0.1) is 0 Å². The average molecular weight is 253 g/mol. The molecular weight excluding hydrogens is 246 g/mol. The molecule has 0 aliphatic heterocycles. The molecule has 0 saturated carbocycles. The van der Waals surface area contributed by atoms with Crippen LogP contribution < -0.4 is 0 Å². The minimum atomic E-state index is -0.0546. The van der Waals surface area contributed by atoms with Gasteiger partial charge in [0, 0.05) is 11.6 Å². The zero-order valence-electron chi connectivity index (χ0n) is 8.03. The molecule has 0 bridgehead atoms. The third-order valence-electron chi connectivity index (χ3n) is 2.07. The van der Waals surface area contributed by atoms with Crippen LogP contribution in [0.3, 0.4) is 0 Å². The number of aliphatic hydroxyl groups excluding tert-OH is 1. The van der Waals surface area contributed by atoms with E-state index < -0.39 is 0 Å². The maximum atomic E-state index is 9.33. The van der Waals surface area contributed by atoms with Crippen LogP contribution in [0.15, 0.2) is 38.7 Å². The van der Waals surface area contributed by atoms with Crippen LogP contribution in [-0.2, 0) is 6.61 Å². The first-order valence-corrected chi connectivity index (χ1v) is 6.20. The van der Waals surface area contributed by atoms with Gasteiger partial charge in [0.05, 0.1) is 18.5 Å². The van der Waals surface area contributed by atoms with Gasteiger partial charge in [-0.3, -0.25) is 4.40 Å². The number of oxazole rings is 1. The Bertz CT molecular complexity index is 599. The van der Waals surface area contributed by atoms with Gasteiger partial charge in [-0.15, -0.1) is 11.3 Å². The van der Waals surface area contributed by atoms with E-state index in [-0.39, 0.29) is 6.61 Å². The lowest BCUT2D eigenvalue weighted by molar-refractivity contribution is 0.272. The zero-order chi connectivity index (χ0) is 11.0. The molecule has 0 unspecified atom stereocenters. The highest BCUT2D eigenvalue weighted by molar-refractivity contribution is 7.99. The fraction of sp³-hybridized carbons (Fsp3) is 0.111. The first kappa shape index (κ1) is 9.88. The van der Waals surface area contributed by atoms with Crippen molar-refractivity contribution in [1.29, 1.82) is 0 Å². The van der Waals surface area contributed by atoms with E-state index in [0.717, 1.165) is 15.7 Å². The van der Waals surface area contributed by atoms with Crippen molar-refractivity contribution in [2.75, 3.05) is 0 Å².